The smallest absolute Gasteiger partial charge is 0.409 e. The first-order valence-corrected chi connectivity index (χ1v) is 9.24. The van der Waals surface area contributed by atoms with Gasteiger partial charge in [-0.1, -0.05) is 18.2 Å². The van der Waals surface area contributed by atoms with Gasteiger partial charge < -0.3 is 19.7 Å². The highest BCUT2D eigenvalue weighted by Gasteiger charge is 2.27. The Morgan fingerprint density at radius 1 is 1.27 bits per heavy atom. The molecule has 1 aromatic rings. The minimum Gasteiger partial charge on any atom is -0.496 e. The molecule has 1 aromatic carbocycles. The third-order valence-electron chi connectivity index (χ3n) is 5.03. The Bertz CT molecular complexity index is 631. The van der Waals surface area contributed by atoms with Gasteiger partial charge in [-0.25, -0.2) is 4.79 Å². The lowest BCUT2D eigenvalue weighted by Gasteiger charge is -2.29. The van der Waals surface area contributed by atoms with Gasteiger partial charge in [-0.15, -0.1) is 0 Å². The van der Waals surface area contributed by atoms with Gasteiger partial charge in [-0.3, -0.25) is 9.69 Å². The highest BCUT2D eigenvalue weighted by molar-refractivity contribution is 5.77. The lowest BCUT2D eigenvalue weighted by Crippen LogP contribution is -2.38. The van der Waals surface area contributed by atoms with Gasteiger partial charge in [0, 0.05) is 25.1 Å². The molecule has 0 radical (unpaired) electrons. The molecule has 1 atom stereocenters. The van der Waals surface area contributed by atoms with E-state index < -0.39 is 0 Å². The molecule has 2 saturated heterocycles. The van der Waals surface area contributed by atoms with Crippen LogP contribution in [0, 0.1) is 0 Å². The number of likely N-dealkylation sites (tertiary alicyclic amines) is 1. The molecule has 0 unspecified atom stereocenters. The van der Waals surface area contributed by atoms with E-state index in [4.69, 9.17) is 9.47 Å². The summed E-state index contributed by atoms with van der Waals surface area (Å²) < 4.78 is 10.4. The van der Waals surface area contributed by atoms with E-state index in [1.807, 2.05) is 18.2 Å². The van der Waals surface area contributed by atoms with Gasteiger partial charge in [0.05, 0.1) is 19.7 Å². The van der Waals surface area contributed by atoms with Crippen molar-refractivity contribution in [1.82, 2.24) is 15.1 Å². The Kier molecular flexibility index (Phi) is 6.33. The largest absolute Gasteiger partial charge is 0.496 e. The van der Waals surface area contributed by atoms with E-state index in [0.717, 1.165) is 24.4 Å². The quantitative estimate of drug-likeness (QED) is 0.764. The molecule has 7 nitrogen and oxygen atoms in total. The Labute approximate surface area is 154 Å². The molecular formula is C19H27N3O4. The average Bonchev–Trinajstić information content (AvgIpc) is 3.32. The highest BCUT2D eigenvalue weighted by Crippen LogP contribution is 2.31. The highest BCUT2D eigenvalue weighted by atomic mass is 16.6. The zero-order valence-electron chi connectivity index (χ0n) is 15.3. The van der Waals surface area contributed by atoms with Crippen molar-refractivity contribution in [3.63, 3.8) is 0 Å². The standard InChI is InChI=1S/C19H27N3O4/c1-25-17-7-3-2-6-15(17)16(21-9-4-5-10-21)14-20-18(23)8-11-22-12-13-26-19(22)24/h2-3,6-7,16H,4-5,8-14H2,1H3,(H,20,23)/t16-/m1/s1. The monoisotopic (exact) mass is 361 g/mol. The van der Waals surface area contributed by atoms with E-state index in [1.54, 1.807) is 12.0 Å². The van der Waals surface area contributed by atoms with Gasteiger partial charge in [0.25, 0.3) is 0 Å². The van der Waals surface area contributed by atoms with Crippen molar-refractivity contribution in [2.75, 3.05) is 46.4 Å². The average molecular weight is 361 g/mol. The van der Waals surface area contributed by atoms with Crippen molar-refractivity contribution >= 4 is 12.0 Å². The maximum absolute atomic E-state index is 12.3. The van der Waals surface area contributed by atoms with Crippen molar-refractivity contribution in [3.05, 3.63) is 29.8 Å². The molecular weight excluding hydrogens is 334 g/mol. The SMILES string of the molecule is COc1ccccc1[C@@H](CNC(=O)CCN1CCOC1=O)N1CCCC1. The molecule has 0 saturated carbocycles. The van der Waals surface area contributed by atoms with E-state index in [9.17, 15) is 9.59 Å². The summed E-state index contributed by atoms with van der Waals surface area (Å²) in [4.78, 5) is 27.7. The summed E-state index contributed by atoms with van der Waals surface area (Å²) in [6, 6.07) is 8.07. The zero-order valence-corrected chi connectivity index (χ0v) is 15.3. The van der Waals surface area contributed by atoms with E-state index in [0.29, 0.717) is 26.2 Å². The molecule has 0 aromatic heterocycles. The first kappa shape index (κ1) is 18.5. The number of rotatable bonds is 8. The van der Waals surface area contributed by atoms with Gasteiger partial charge in [-0.2, -0.15) is 0 Å². The van der Waals surface area contributed by atoms with Crippen LogP contribution < -0.4 is 10.1 Å². The number of nitrogens with zero attached hydrogens (tertiary/aromatic N) is 2. The number of nitrogens with one attached hydrogen (secondary N) is 1. The predicted molar refractivity (Wildman–Crippen MR) is 97.1 cm³/mol. The van der Waals surface area contributed by atoms with Crippen molar-refractivity contribution in [1.29, 1.82) is 0 Å². The second kappa shape index (κ2) is 8.89. The fraction of sp³-hybridized carbons (Fsp3) is 0.579. The van der Waals surface area contributed by atoms with Gasteiger partial charge in [0.2, 0.25) is 5.91 Å². The van der Waals surface area contributed by atoms with Crippen LogP contribution in [0.3, 0.4) is 0 Å². The number of carbonyl (C=O) groups is 2. The Morgan fingerprint density at radius 3 is 2.73 bits per heavy atom. The van der Waals surface area contributed by atoms with Crippen LogP contribution in [0.4, 0.5) is 4.79 Å². The number of benzene rings is 1. The summed E-state index contributed by atoms with van der Waals surface area (Å²) in [6.07, 6.45) is 2.31. The molecule has 2 amide bonds. The lowest BCUT2D eigenvalue weighted by molar-refractivity contribution is -0.121. The van der Waals surface area contributed by atoms with Crippen LogP contribution in [0.5, 0.6) is 5.75 Å². The van der Waals surface area contributed by atoms with Crippen LogP contribution >= 0.6 is 0 Å². The van der Waals surface area contributed by atoms with Gasteiger partial charge >= 0.3 is 6.09 Å². The molecule has 2 aliphatic heterocycles. The topological polar surface area (TPSA) is 71.1 Å². The Morgan fingerprint density at radius 2 is 2.04 bits per heavy atom. The van der Waals surface area contributed by atoms with E-state index in [2.05, 4.69) is 16.3 Å². The van der Waals surface area contributed by atoms with Crippen molar-refractivity contribution in [2.24, 2.45) is 0 Å². The molecule has 2 heterocycles. The first-order chi connectivity index (χ1) is 12.7. The van der Waals surface area contributed by atoms with Gasteiger partial charge in [0.1, 0.15) is 12.4 Å². The van der Waals surface area contributed by atoms with E-state index >= 15 is 0 Å². The van der Waals surface area contributed by atoms with Crippen LogP contribution in [0.2, 0.25) is 0 Å². The number of carbonyl (C=O) groups excluding carboxylic acids is 2. The van der Waals surface area contributed by atoms with E-state index in [1.165, 1.54) is 12.8 Å². The molecule has 0 aliphatic carbocycles. The molecule has 7 heteroatoms. The summed E-state index contributed by atoms with van der Waals surface area (Å²) in [6.45, 7) is 3.95. The molecule has 2 aliphatic rings. The second-order valence-corrected chi connectivity index (χ2v) is 6.66. The molecule has 3 rings (SSSR count). The first-order valence-electron chi connectivity index (χ1n) is 9.24. The molecule has 0 bridgehead atoms. The summed E-state index contributed by atoms with van der Waals surface area (Å²) in [5.74, 6) is 0.794. The summed E-state index contributed by atoms with van der Waals surface area (Å²) in [7, 11) is 1.67. The van der Waals surface area contributed by atoms with Gasteiger partial charge in [-0.05, 0) is 32.0 Å². The van der Waals surface area contributed by atoms with Crippen molar-refractivity contribution in [3.8, 4) is 5.75 Å². The molecule has 0 spiro atoms. The van der Waals surface area contributed by atoms with Crippen molar-refractivity contribution < 1.29 is 19.1 Å². The second-order valence-electron chi connectivity index (χ2n) is 6.66. The molecule has 2 fully saturated rings. The molecule has 26 heavy (non-hydrogen) atoms. The normalized spacial score (nSPS) is 18.7. The van der Waals surface area contributed by atoms with Crippen LogP contribution in [0.25, 0.3) is 0 Å². The summed E-state index contributed by atoms with van der Waals surface area (Å²) in [5.41, 5.74) is 1.10. The summed E-state index contributed by atoms with van der Waals surface area (Å²) in [5, 5.41) is 3.03. The number of hydrogen-bond donors (Lipinski definition) is 1. The maximum Gasteiger partial charge on any atom is 0.409 e. The summed E-state index contributed by atoms with van der Waals surface area (Å²) >= 11 is 0. The van der Waals surface area contributed by atoms with Crippen LogP contribution in [0.1, 0.15) is 30.9 Å². The third-order valence-corrected chi connectivity index (χ3v) is 5.03. The number of para-hydroxylation sites is 1. The Balaban J connectivity index is 1.59. The molecule has 142 valence electrons. The third kappa shape index (κ3) is 4.46. The number of hydrogen-bond acceptors (Lipinski definition) is 5. The molecule has 1 N–H and O–H groups in total. The zero-order chi connectivity index (χ0) is 18.4. The van der Waals surface area contributed by atoms with Crippen molar-refractivity contribution in [2.45, 2.75) is 25.3 Å². The number of ether oxygens (including phenoxy) is 2. The van der Waals surface area contributed by atoms with Crippen LogP contribution in [0.15, 0.2) is 24.3 Å². The fourth-order valence-corrected chi connectivity index (χ4v) is 3.59. The fourth-order valence-electron chi connectivity index (χ4n) is 3.59. The minimum absolute atomic E-state index is 0.0520. The predicted octanol–water partition coefficient (Wildman–Crippen LogP) is 1.79. The number of methoxy groups -OCH3 is 1. The van der Waals surface area contributed by atoms with Gasteiger partial charge in [0.15, 0.2) is 0 Å². The number of cyclic esters (lactones) is 1. The Hall–Kier alpha value is -2.28. The van der Waals surface area contributed by atoms with Crippen LogP contribution in [-0.4, -0.2) is 68.2 Å². The lowest BCUT2D eigenvalue weighted by atomic mass is 10.0. The minimum atomic E-state index is -0.332. The number of amides is 2. The maximum atomic E-state index is 12.3. The van der Waals surface area contributed by atoms with E-state index in [-0.39, 0.29) is 24.5 Å². The van der Waals surface area contributed by atoms with Crippen LogP contribution in [-0.2, 0) is 9.53 Å².